The monoisotopic (exact) mass is 771 g/mol. The van der Waals surface area contributed by atoms with Gasteiger partial charge in [0.15, 0.2) is 6.10 Å². The van der Waals surface area contributed by atoms with E-state index in [0.29, 0.717) is 46.3 Å². The van der Waals surface area contributed by atoms with E-state index in [2.05, 4.69) is 54.0 Å². The largest absolute Gasteiger partial charge is 0.481 e. The fourth-order valence-corrected chi connectivity index (χ4v) is 7.19. The number of piperidine rings is 2. The molecule has 8 rings (SSSR count). The van der Waals surface area contributed by atoms with Crippen LogP contribution in [0.15, 0.2) is 83.9 Å². The van der Waals surface area contributed by atoms with Crippen LogP contribution < -0.4 is 15.4 Å². The van der Waals surface area contributed by atoms with E-state index >= 15 is 4.39 Å². The Balaban J connectivity index is 0.888. The minimum absolute atomic E-state index is 0.0574. The lowest BCUT2D eigenvalue weighted by molar-refractivity contribution is -0.138. The van der Waals surface area contributed by atoms with Gasteiger partial charge >= 0.3 is 0 Å². The smallest absolute Gasteiger partial charge is 0.292 e. The van der Waals surface area contributed by atoms with Crippen LogP contribution in [0.2, 0.25) is 0 Å². The molecule has 6 heterocycles. The molecular formula is C42H42FN9O5. The quantitative estimate of drug-likeness (QED) is 0.162. The number of ether oxygens (including phenoxy) is 1. The van der Waals surface area contributed by atoms with E-state index < -0.39 is 23.2 Å². The topological polar surface area (TPSA) is 170 Å². The van der Waals surface area contributed by atoms with Gasteiger partial charge in [-0.05, 0) is 66.8 Å². The Morgan fingerprint density at radius 2 is 1.88 bits per heavy atom. The zero-order valence-electron chi connectivity index (χ0n) is 31.9. The van der Waals surface area contributed by atoms with Gasteiger partial charge in [0.05, 0.1) is 16.9 Å². The number of carbonyl (C=O) groups is 3. The molecule has 2 aromatic carbocycles. The molecule has 3 amide bonds. The van der Waals surface area contributed by atoms with E-state index in [-0.39, 0.29) is 30.6 Å². The maximum atomic E-state index is 15.4. The van der Waals surface area contributed by atoms with E-state index in [0.717, 1.165) is 49.3 Å². The molecule has 2 unspecified atom stereocenters. The second-order valence-electron chi connectivity index (χ2n) is 15.6. The van der Waals surface area contributed by atoms with Crippen LogP contribution in [0.5, 0.6) is 5.75 Å². The highest BCUT2D eigenvalue weighted by Gasteiger charge is 2.29. The number of likely N-dealkylation sites (tertiary alicyclic amines) is 1. The summed E-state index contributed by atoms with van der Waals surface area (Å²) in [6, 6.07) is 18.8. The Labute approximate surface area is 327 Å². The zero-order chi connectivity index (χ0) is 39.7. The highest BCUT2D eigenvalue weighted by molar-refractivity contribution is 6.00. The average Bonchev–Trinajstić information content (AvgIpc) is 3.88. The first kappa shape index (κ1) is 37.6. The average molecular weight is 772 g/mol. The molecule has 2 aliphatic rings. The molecule has 0 spiro atoms. The molecule has 2 fully saturated rings. The number of halogens is 1. The summed E-state index contributed by atoms with van der Waals surface area (Å²) in [5, 5.41) is 13.1. The number of fused-ring (bicyclic) bond motifs is 1. The number of rotatable bonds is 10. The van der Waals surface area contributed by atoms with Crippen molar-refractivity contribution >= 4 is 23.2 Å². The van der Waals surface area contributed by atoms with Gasteiger partial charge in [0.25, 0.3) is 17.6 Å². The Hall–Kier alpha value is -6.35. The number of carbonyl (C=O) groups excluding carboxylic acids is 3. The number of imide groups is 1. The van der Waals surface area contributed by atoms with Crippen LogP contribution in [0.4, 0.5) is 4.39 Å². The molecule has 0 bridgehead atoms. The lowest BCUT2D eigenvalue weighted by atomic mass is 9.90. The first-order valence-corrected chi connectivity index (χ1v) is 19.0. The number of benzene rings is 2. The van der Waals surface area contributed by atoms with Crippen molar-refractivity contribution < 1.29 is 28.0 Å². The summed E-state index contributed by atoms with van der Waals surface area (Å²) in [6.45, 7) is 8.32. The molecule has 2 N–H and O–H groups in total. The van der Waals surface area contributed by atoms with Crippen molar-refractivity contribution in [2.45, 2.75) is 77.0 Å². The Morgan fingerprint density at radius 1 is 1.04 bits per heavy atom. The van der Waals surface area contributed by atoms with Gasteiger partial charge in [-0.2, -0.15) is 10.1 Å². The lowest BCUT2D eigenvalue weighted by Crippen LogP contribution is -2.46. The van der Waals surface area contributed by atoms with Gasteiger partial charge in [-0.1, -0.05) is 56.3 Å². The van der Waals surface area contributed by atoms with E-state index in [4.69, 9.17) is 14.2 Å². The maximum Gasteiger partial charge on any atom is 0.292 e. The van der Waals surface area contributed by atoms with Gasteiger partial charge < -0.3 is 14.6 Å². The van der Waals surface area contributed by atoms with Crippen molar-refractivity contribution in [3.63, 3.8) is 0 Å². The summed E-state index contributed by atoms with van der Waals surface area (Å²) in [5.74, 6) is -0.477. The summed E-state index contributed by atoms with van der Waals surface area (Å²) in [6.07, 6.45) is 7.39. The molecular weight excluding hydrogens is 730 g/mol. The normalized spacial score (nSPS) is 17.8. The molecule has 4 aromatic heterocycles. The number of hydrogen-bond acceptors (Lipinski definition) is 11. The van der Waals surface area contributed by atoms with Crippen LogP contribution in [0.25, 0.3) is 28.0 Å². The molecule has 57 heavy (non-hydrogen) atoms. The number of nitrogens with one attached hydrogen (secondary N) is 2. The molecule has 2 aliphatic heterocycles. The van der Waals surface area contributed by atoms with E-state index in [1.165, 1.54) is 18.0 Å². The predicted molar refractivity (Wildman–Crippen MR) is 206 cm³/mol. The first-order valence-electron chi connectivity index (χ1n) is 19.0. The minimum atomic E-state index is -0.653. The van der Waals surface area contributed by atoms with Gasteiger partial charge in [0, 0.05) is 67.0 Å². The lowest BCUT2D eigenvalue weighted by Gasteiger charge is -2.33. The highest BCUT2D eigenvalue weighted by Crippen LogP contribution is 2.31. The van der Waals surface area contributed by atoms with Crippen LogP contribution in [-0.4, -0.2) is 71.5 Å². The van der Waals surface area contributed by atoms with Crippen LogP contribution >= 0.6 is 0 Å². The van der Waals surface area contributed by atoms with Crippen LogP contribution in [0.1, 0.15) is 85.6 Å². The summed E-state index contributed by atoms with van der Waals surface area (Å²) in [7, 11) is 0. The van der Waals surface area contributed by atoms with Gasteiger partial charge in [-0.3, -0.25) is 29.6 Å². The summed E-state index contributed by atoms with van der Waals surface area (Å²) >= 11 is 0. The van der Waals surface area contributed by atoms with Crippen molar-refractivity contribution in [2.75, 3.05) is 13.1 Å². The maximum absolute atomic E-state index is 15.4. The van der Waals surface area contributed by atoms with Crippen LogP contribution in [0, 0.1) is 5.82 Å². The van der Waals surface area contributed by atoms with E-state index in [9.17, 15) is 14.4 Å². The first-order chi connectivity index (χ1) is 27.5. The molecule has 14 nitrogen and oxygen atoms in total. The summed E-state index contributed by atoms with van der Waals surface area (Å²) < 4.78 is 28.1. The molecule has 292 valence electrons. The SMILES string of the molecule is CC(C)(C)c1nc(C(=O)NCc2ccc(-c3ncnn4cc(-c5ccc(CN6CCCC(c7ccc(OC8CCC(=O)NC8=O)cc7)C6)cn5)cc34)cc2F)no1. The zero-order valence-corrected chi connectivity index (χ0v) is 31.9. The van der Waals surface area contributed by atoms with Gasteiger partial charge in [0.1, 0.15) is 17.9 Å². The number of aromatic nitrogens is 6. The predicted octanol–water partition coefficient (Wildman–Crippen LogP) is 5.77. The van der Waals surface area contributed by atoms with Crippen molar-refractivity contribution in [1.29, 1.82) is 0 Å². The Bertz CT molecular complexity index is 2440. The third-order valence-electron chi connectivity index (χ3n) is 10.3. The number of hydrogen-bond donors (Lipinski definition) is 2. The number of pyridine rings is 1. The van der Waals surface area contributed by atoms with Gasteiger partial charge in [0.2, 0.25) is 11.8 Å². The van der Waals surface area contributed by atoms with Crippen molar-refractivity contribution in [2.24, 2.45) is 0 Å². The molecule has 15 heteroatoms. The highest BCUT2D eigenvalue weighted by atomic mass is 19.1. The fourth-order valence-electron chi connectivity index (χ4n) is 7.19. The van der Waals surface area contributed by atoms with Crippen molar-refractivity contribution in [3.8, 4) is 28.3 Å². The number of nitrogens with zero attached hydrogens (tertiary/aromatic N) is 7. The minimum Gasteiger partial charge on any atom is -0.481 e. The van der Waals surface area contributed by atoms with Gasteiger partial charge in [-0.25, -0.2) is 13.9 Å². The summed E-state index contributed by atoms with van der Waals surface area (Å²) in [5.41, 5.74) is 5.67. The molecule has 0 saturated carbocycles. The van der Waals surface area contributed by atoms with Crippen molar-refractivity contribution in [1.82, 2.24) is 45.3 Å². The molecule has 0 aliphatic carbocycles. The number of amides is 3. The third-order valence-corrected chi connectivity index (χ3v) is 10.3. The third kappa shape index (κ3) is 8.43. The fraction of sp³-hybridized carbons (Fsp3) is 0.333. The Kier molecular flexibility index (Phi) is 10.3. The van der Waals surface area contributed by atoms with E-state index in [1.54, 1.807) is 16.6 Å². The molecule has 6 aromatic rings. The van der Waals surface area contributed by atoms with Crippen LogP contribution in [0.3, 0.4) is 0 Å². The Morgan fingerprint density at radius 3 is 2.61 bits per heavy atom. The second-order valence-corrected chi connectivity index (χ2v) is 15.6. The van der Waals surface area contributed by atoms with Gasteiger partial charge in [-0.15, -0.1) is 0 Å². The van der Waals surface area contributed by atoms with Crippen LogP contribution in [-0.2, 0) is 28.1 Å². The van der Waals surface area contributed by atoms with E-state index in [1.807, 2.05) is 57.4 Å². The standard InChI is InChI=1S/C42H42FN9O5/c1-42(2,3)41-49-38(50-57-41)40(55)45-20-28-8-7-27(17-32(28)43)37-34-18-30(23-52(34)47-24-46-37)33-13-6-25(19-44-33)21-51-16-4-5-29(22-51)26-9-11-31(12-10-26)56-35-14-15-36(53)48-39(35)54/h6-13,17-19,23-24,29,35H,4-5,14-16,20-22H2,1-3H3,(H,45,55)(H,48,53,54). The van der Waals surface area contributed by atoms with Crippen molar-refractivity contribution in [3.05, 3.63) is 114 Å². The second kappa shape index (κ2) is 15.7. The molecule has 2 saturated heterocycles. The molecule has 2 atom stereocenters. The summed E-state index contributed by atoms with van der Waals surface area (Å²) in [4.78, 5) is 52.0. The molecule has 0 radical (unpaired) electrons.